The highest BCUT2D eigenvalue weighted by atomic mass is 79.9. The quantitative estimate of drug-likeness (QED) is 0.839. The van der Waals surface area contributed by atoms with Gasteiger partial charge in [-0.15, -0.1) is 0 Å². The molecule has 1 N–H and O–H groups in total. The lowest BCUT2D eigenvalue weighted by molar-refractivity contribution is -0.112. The van der Waals surface area contributed by atoms with Crippen LogP contribution in [0.25, 0.3) is 0 Å². The molecule has 0 aliphatic rings. The zero-order chi connectivity index (χ0) is 12.1. The van der Waals surface area contributed by atoms with E-state index in [-0.39, 0.29) is 11.7 Å². The van der Waals surface area contributed by atoms with Crippen LogP contribution in [0.5, 0.6) is 0 Å². The second-order valence-electron chi connectivity index (χ2n) is 3.37. The van der Waals surface area contributed by atoms with Crippen LogP contribution in [0.2, 0.25) is 0 Å². The van der Waals surface area contributed by atoms with Crippen LogP contribution < -0.4 is 5.32 Å². The molecule has 1 rings (SSSR count). The summed E-state index contributed by atoms with van der Waals surface area (Å²) < 4.78 is 13.3. The Bertz CT molecular complexity index is 429. The molecule has 0 radical (unpaired) electrons. The topological polar surface area (TPSA) is 29.1 Å². The summed E-state index contributed by atoms with van der Waals surface area (Å²) in [5.74, 6) is -0.514. The molecule has 2 nitrogen and oxygen atoms in total. The molecule has 4 heteroatoms. The third-order valence-corrected chi connectivity index (χ3v) is 2.70. The molecule has 0 fully saturated rings. The maximum atomic E-state index is 12.8. The summed E-state index contributed by atoms with van der Waals surface area (Å²) in [6, 6.07) is 4.14. The fourth-order valence-electron chi connectivity index (χ4n) is 1.21. The van der Waals surface area contributed by atoms with Crippen LogP contribution in [0, 0.1) is 5.82 Å². The maximum absolute atomic E-state index is 12.8. The number of carbonyl (C=O) groups is 1. The molecule has 1 aromatic carbocycles. The number of halogens is 2. The van der Waals surface area contributed by atoms with Gasteiger partial charge in [0.05, 0.1) is 5.69 Å². The van der Waals surface area contributed by atoms with Crippen LogP contribution in [-0.4, -0.2) is 5.91 Å². The van der Waals surface area contributed by atoms with E-state index >= 15 is 0 Å². The molecule has 0 heterocycles. The van der Waals surface area contributed by atoms with Crippen molar-refractivity contribution >= 4 is 27.5 Å². The minimum absolute atomic E-state index is 0.172. The predicted molar refractivity (Wildman–Crippen MR) is 66.8 cm³/mol. The maximum Gasteiger partial charge on any atom is 0.251 e. The summed E-state index contributed by atoms with van der Waals surface area (Å²) in [4.78, 5) is 11.6. The molecule has 0 aliphatic carbocycles. The molecule has 0 atom stereocenters. The smallest absolute Gasteiger partial charge is 0.251 e. The number of hydrogen-bond acceptors (Lipinski definition) is 1. The number of carbonyl (C=O) groups excluding carboxylic acids is 1. The highest BCUT2D eigenvalue weighted by molar-refractivity contribution is 9.10. The van der Waals surface area contributed by atoms with E-state index in [1.807, 2.05) is 13.0 Å². The average Bonchev–Trinajstić information content (AvgIpc) is 2.22. The molecule has 0 aliphatic heterocycles. The zero-order valence-electron chi connectivity index (χ0n) is 9.18. The van der Waals surface area contributed by atoms with Crippen LogP contribution in [0.4, 0.5) is 10.1 Å². The number of hydrogen-bond donors (Lipinski definition) is 1. The normalized spacial score (nSPS) is 11.4. The molecule has 0 spiro atoms. The zero-order valence-corrected chi connectivity index (χ0v) is 10.8. The van der Waals surface area contributed by atoms with Gasteiger partial charge in [-0.05, 0) is 47.5 Å². The Hall–Kier alpha value is -1.16. The highest BCUT2D eigenvalue weighted by Crippen LogP contribution is 2.23. The lowest BCUT2D eigenvalue weighted by Gasteiger charge is -2.07. The first kappa shape index (κ1) is 12.9. The molecule has 1 aromatic rings. The minimum atomic E-state index is -0.342. The van der Waals surface area contributed by atoms with E-state index in [4.69, 9.17) is 0 Å². The standard InChI is InChI=1S/C12H13BrFNO/c1-3-4-8(2)12(16)15-11-6-5-9(14)7-10(11)13/h4-7H,3H2,1-2H3,(H,15,16)/b8-4+. The molecule has 0 saturated carbocycles. The van der Waals surface area contributed by atoms with Gasteiger partial charge >= 0.3 is 0 Å². The van der Waals surface area contributed by atoms with Crippen molar-refractivity contribution in [3.8, 4) is 0 Å². The van der Waals surface area contributed by atoms with Crippen LogP contribution in [0.3, 0.4) is 0 Å². The molecule has 1 amide bonds. The number of nitrogens with one attached hydrogen (secondary N) is 1. The van der Waals surface area contributed by atoms with E-state index in [2.05, 4.69) is 21.2 Å². The molecule has 0 bridgehead atoms. The van der Waals surface area contributed by atoms with E-state index in [0.29, 0.717) is 15.7 Å². The van der Waals surface area contributed by atoms with E-state index < -0.39 is 0 Å². The number of rotatable bonds is 3. The van der Waals surface area contributed by atoms with Gasteiger partial charge in [-0.1, -0.05) is 13.0 Å². The summed E-state index contributed by atoms with van der Waals surface area (Å²) in [7, 11) is 0. The first-order chi connectivity index (χ1) is 7.54. The summed E-state index contributed by atoms with van der Waals surface area (Å²) in [5.41, 5.74) is 1.22. The van der Waals surface area contributed by atoms with Crippen molar-refractivity contribution in [2.45, 2.75) is 20.3 Å². The van der Waals surface area contributed by atoms with Gasteiger partial charge in [0, 0.05) is 10.0 Å². The predicted octanol–water partition coefficient (Wildman–Crippen LogP) is 3.88. The fraction of sp³-hybridized carbons (Fsp3) is 0.250. The molecular formula is C12H13BrFNO. The Balaban J connectivity index is 2.81. The summed E-state index contributed by atoms with van der Waals surface area (Å²) >= 11 is 3.19. The average molecular weight is 286 g/mol. The van der Waals surface area contributed by atoms with Crippen LogP contribution in [0.1, 0.15) is 20.3 Å². The number of benzene rings is 1. The van der Waals surface area contributed by atoms with Gasteiger partial charge in [0.15, 0.2) is 0 Å². The Labute approximate surface area is 103 Å². The lowest BCUT2D eigenvalue weighted by Crippen LogP contribution is -2.13. The highest BCUT2D eigenvalue weighted by Gasteiger charge is 2.07. The monoisotopic (exact) mass is 285 g/mol. The summed E-state index contributed by atoms with van der Waals surface area (Å²) in [5, 5.41) is 2.70. The Morgan fingerprint density at radius 3 is 2.81 bits per heavy atom. The van der Waals surface area contributed by atoms with Crippen LogP contribution in [0.15, 0.2) is 34.3 Å². The van der Waals surface area contributed by atoms with Crippen molar-refractivity contribution in [2.75, 3.05) is 5.32 Å². The molecule has 0 saturated heterocycles. The SMILES string of the molecule is CC/C=C(\C)C(=O)Nc1ccc(F)cc1Br. The Morgan fingerprint density at radius 1 is 1.56 bits per heavy atom. The van der Waals surface area contributed by atoms with Gasteiger partial charge in [-0.25, -0.2) is 4.39 Å². The largest absolute Gasteiger partial charge is 0.321 e. The van der Waals surface area contributed by atoms with Gasteiger partial charge in [0.25, 0.3) is 5.91 Å². The number of amides is 1. The van der Waals surface area contributed by atoms with E-state index in [1.54, 1.807) is 6.92 Å². The molecular weight excluding hydrogens is 273 g/mol. The summed E-state index contributed by atoms with van der Waals surface area (Å²) in [6.07, 6.45) is 2.65. The summed E-state index contributed by atoms with van der Waals surface area (Å²) in [6.45, 7) is 3.71. The number of anilines is 1. The van der Waals surface area contributed by atoms with Crippen molar-refractivity contribution in [2.24, 2.45) is 0 Å². The molecule has 0 unspecified atom stereocenters. The third kappa shape index (κ3) is 3.45. The Morgan fingerprint density at radius 2 is 2.25 bits per heavy atom. The van der Waals surface area contributed by atoms with Gasteiger partial charge in [-0.3, -0.25) is 4.79 Å². The van der Waals surface area contributed by atoms with Gasteiger partial charge in [0.1, 0.15) is 5.82 Å². The molecule has 16 heavy (non-hydrogen) atoms. The van der Waals surface area contributed by atoms with Crippen molar-refractivity contribution in [1.29, 1.82) is 0 Å². The second kappa shape index (κ2) is 5.80. The van der Waals surface area contributed by atoms with E-state index in [9.17, 15) is 9.18 Å². The van der Waals surface area contributed by atoms with E-state index in [1.165, 1.54) is 18.2 Å². The van der Waals surface area contributed by atoms with Crippen LogP contribution in [-0.2, 0) is 4.79 Å². The minimum Gasteiger partial charge on any atom is -0.321 e. The van der Waals surface area contributed by atoms with Crippen molar-refractivity contribution in [3.63, 3.8) is 0 Å². The van der Waals surface area contributed by atoms with Gasteiger partial charge < -0.3 is 5.32 Å². The first-order valence-corrected chi connectivity index (χ1v) is 5.77. The molecule has 86 valence electrons. The van der Waals surface area contributed by atoms with Gasteiger partial charge in [0.2, 0.25) is 0 Å². The lowest BCUT2D eigenvalue weighted by atomic mass is 10.2. The van der Waals surface area contributed by atoms with Crippen molar-refractivity contribution in [3.05, 3.63) is 40.1 Å². The van der Waals surface area contributed by atoms with E-state index in [0.717, 1.165) is 6.42 Å². The second-order valence-corrected chi connectivity index (χ2v) is 4.23. The van der Waals surface area contributed by atoms with Gasteiger partial charge in [-0.2, -0.15) is 0 Å². The van der Waals surface area contributed by atoms with Crippen molar-refractivity contribution in [1.82, 2.24) is 0 Å². The van der Waals surface area contributed by atoms with Crippen LogP contribution >= 0.6 is 15.9 Å². The van der Waals surface area contributed by atoms with Crippen molar-refractivity contribution < 1.29 is 9.18 Å². The number of allylic oxidation sites excluding steroid dienone is 1. The molecule has 0 aromatic heterocycles. The fourth-order valence-corrected chi connectivity index (χ4v) is 1.66. The first-order valence-electron chi connectivity index (χ1n) is 4.97. The third-order valence-electron chi connectivity index (χ3n) is 2.05. The Kier molecular flexibility index (Phi) is 4.68.